The van der Waals surface area contributed by atoms with Crippen LogP contribution in [0, 0.1) is 20.8 Å². The molecular weight excluding hydrogens is 348 g/mol. The van der Waals surface area contributed by atoms with Crippen LogP contribution in [0.3, 0.4) is 0 Å². The molecule has 7 nitrogen and oxygen atoms in total. The molecule has 7 heteroatoms. The number of H-pyrrole nitrogens is 1. The number of amides is 1. The molecule has 144 valence electrons. The predicted molar refractivity (Wildman–Crippen MR) is 101 cm³/mol. The number of hydrogen-bond donors (Lipinski definition) is 2. The maximum Gasteiger partial charge on any atom is 0.355 e. The van der Waals surface area contributed by atoms with Crippen LogP contribution in [0.1, 0.15) is 51.5 Å². The van der Waals surface area contributed by atoms with E-state index in [2.05, 4.69) is 10.3 Å². The van der Waals surface area contributed by atoms with E-state index in [4.69, 9.17) is 9.47 Å². The van der Waals surface area contributed by atoms with E-state index in [-0.39, 0.29) is 17.9 Å². The Morgan fingerprint density at radius 3 is 2.48 bits per heavy atom. The highest BCUT2D eigenvalue weighted by Gasteiger charge is 2.26. The summed E-state index contributed by atoms with van der Waals surface area (Å²) in [4.78, 5) is 39.6. The van der Waals surface area contributed by atoms with Gasteiger partial charge in [-0.05, 0) is 57.9 Å². The van der Waals surface area contributed by atoms with Crippen LogP contribution in [0.4, 0.5) is 5.69 Å². The fraction of sp³-hybridized carbons (Fsp3) is 0.350. The minimum Gasteiger partial charge on any atom is -0.461 e. The normalized spacial score (nSPS) is 11.6. The average Bonchev–Trinajstić information content (AvgIpc) is 2.89. The molecule has 1 heterocycles. The lowest BCUT2D eigenvalue weighted by Gasteiger charge is -2.14. The van der Waals surface area contributed by atoms with Crippen molar-refractivity contribution in [3.8, 4) is 0 Å². The monoisotopic (exact) mass is 372 g/mol. The van der Waals surface area contributed by atoms with Gasteiger partial charge in [0.25, 0.3) is 5.91 Å². The first-order chi connectivity index (χ1) is 12.7. The van der Waals surface area contributed by atoms with E-state index in [1.54, 1.807) is 26.8 Å². The molecule has 1 amide bonds. The Balaban J connectivity index is 2.10. The number of carbonyl (C=O) groups excluding carboxylic acids is 3. The first-order valence-electron chi connectivity index (χ1n) is 8.69. The van der Waals surface area contributed by atoms with E-state index >= 15 is 0 Å². The molecule has 0 aliphatic carbocycles. The highest BCUT2D eigenvalue weighted by Crippen LogP contribution is 2.20. The van der Waals surface area contributed by atoms with E-state index in [0.29, 0.717) is 16.9 Å². The van der Waals surface area contributed by atoms with Crippen molar-refractivity contribution >= 4 is 23.5 Å². The molecule has 0 saturated heterocycles. The lowest BCUT2D eigenvalue weighted by molar-refractivity contribution is -0.123. The van der Waals surface area contributed by atoms with Crippen LogP contribution in [0.5, 0.6) is 0 Å². The molecule has 2 rings (SSSR count). The number of carbonyl (C=O) groups is 3. The molecule has 0 aliphatic heterocycles. The maximum atomic E-state index is 12.5. The van der Waals surface area contributed by atoms with E-state index in [0.717, 1.165) is 5.56 Å². The van der Waals surface area contributed by atoms with Gasteiger partial charge in [-0.1, -0.05) is 12.1 Å². The number of esters is 2. The third-order valence-electron chi connectivity index (χ3n) is 4.06. The fourth-order valence-corrected chi connectivity index (χ4v) is 2.70. The molecule has 27 heavy (non-hydrogen) atoms. The van der Waals surface area contributed by atoms with Gasteiger partial charge >= 0.3 is 11.9 Å². The number of rotatable bonds is 6. The van der Waals surface area contributed by atoms with Gasteiger partial charge in [0.05, 0.1) is 12.2 Å². The summed E-state index contributed by atoms with van der Waals surface area (Å²) in [5, 5.41) is 2.71. The van der Waals surface area contributed by atoms with E-state index in [9.17, 15) is 14.4 Å². The van der Waals surface area contributed by atoms with Gasteiger partial charge < -0.3 is 19.8 Å². The van der Waals surface area contributed by atoms with Crippen molar-refractivity contribution in [2.45, 2.75) is 40.7 Å². The molecular formula is C20H24N2O5. The summed E-state index contributed by atoms with van der Waals surface area (Å²) in [7, 11) is 0. The number of aromatic nitrogens is 1. The Morgan fingerprint density at radius 2 is 1.85 bits per heavy atom. The Morgan fingerprint density at radius 1 is 1.15 bits per heavy atom. The number of benzene rings is 1. The lowest BCUT2D eigenvalue weighted by Crippen LogP contribution is -2.30. The first-order valence-corrected chi connectivity index (χ1v) is 8.69. The largest absolute Gasteiger partial charge is 0.461 e. The molecule has 0 unspecified atom stereocenters. The molecule has 0 saturated carbocycles. The van der Waals surface area contributed by atoms with Gasteiger partial charge in [0.15, 0.2) is 6.10 Å². The number of aromatic amines is 1. The van der Waals surface area contributed by atoms with Crippen molar-refractivity contribution in [2.75, 3.05) is 11.9 Å². The number of ether oxygens (including phenoxy) is 2. The lowest BCUT2D eigenvalue weighted by atomic mass is 10.1. The van der Waals surface area contributed by atoms with Crippen LogP contribution in [0.25, 0.3) is 0 Å². The van der Waals surface area contributed by atoms with E-state index in [1.807, 2.05) is 25.1 Å². The zero-order valence-corrected chi connectivity index (χ0v) is 16.1. The van der Waals surface area contributed by atoms with Crippen LogP contribution in [0.15, 0.2) is 24.3 Å². The topological polar surface area (TPSA) is 97.5 Å². The highest BCUT2D eigenvalue weighted by atomic mass is 16.5. The zero-order chi connectivity index (χ0) is 20.1. The van der Waals surface area contributed by atoms with Gasteiger partial charge in [0.1, 0.15) is 5.69 Å². The molecule has 1 aromatic carbocycles. The molecule has 0 aliphatic rings. The predicted octanol–water partition coefficient (Wildman–Crippen LogP) is 3.30. The second-order valence-corrected chi connectivity index (χ2v) is 6.25. The summed E-state index contributed by atoms with van der Waals surface area (Å²) in [6.07, 6.45) is -1.00. The van der Waals surface area contributed by atoms with E-state index < -0.39 is 23.9 Å². The van der Waals surface area contributed by atoms with Crippen molar-refractivity contribution in [2.24, 2.45) is 0 Å². The summed E-state index contributed by atoms with van der Waals surface area (Å²) >= 11 is 0. The van der Waals surface area contributed by atoms with Gasteiger partial charge in [-0.25, -0.2) is 9.59 Å². The number of nitrogens with one attached hydrogen (secondary N) is 2. The van der Waals surface area contributed by atoms with Crippen LogP contribution in [-0.4, -0.2) is 35.5 Å². The van der Waals surface area contributed by atoms with Gasteiger partial charge in [-0.2, -0.15) is 0 Å². The summed E-state index contributed by atoms with van der Waals surface area (Å²) in [5.41, 5.74) is 2.98. The van der Waals surface area contributed by atoms with Gasteiger partial charge in [0.2, 0.25) is 0 Å². The van der Waals surface area contributed by atoms with Gasteiger partial charge in [-0.3, -0.25) is 4.79 Å². The SMILES string of the molecule is CCOC(=O)c1[nH]c(C)c(C(=O)O[C@H](C)C(=O)Nc2cccc(C)c2)c1C. The Bertz CT molecular complexity index is 869. The summed E-state index contributed by atoms with van der Waals surface area (Å²) in [6.45, 7) is 8.62. The van der Waals surface area contributed by atoms with Crippen LogP contribution in [0.2, 0.25) is 0 Å². The second-order valence-electron chi connectivity index (χ2n) is 6.25. The van der Waals surface area contributed by atoms with Gasteiger partial charge in [0, 0.05) is 11.4 Å². The van der Waals surface area contributed by atoms with Crippen molar-refractivity contribution in [3.63, 3.8) is 0 Å². The highest BCUT2D eigenvalue weighted by molar-refractivity contribution is 6.01. The molecule has 0 bridgehead atoms. The Hall–Kier alpha value is -3.09. The first kappa shape index (κ1) is 20.2. The van der Waals surface area contributed by atoms with Crippen LogP contribution in [-0.2, 0) is 14.3 Å². The minimum absolute atomic E-state index is 0.207. The minimum atomic E-state index is -1.00. The molecule has 1 atom stereocenters. The molecule has 0 fully saturated rings. The molecule has 2 aromatic rings. The summed E-state index contributed by atoms with van der Waals surface area (Å²) in [5.74, 6) is -1.66. The van der Waals surface area contributed by atoms with Crippen molar-refractivity contribution in [3.05, 3.63) is 52.3 Å². The summed E-state index contributed by atoms with van der Waals surface area (Å²) in [6, 6.07) is 7.31. The third-order valence-corrected chi connectivity index (χ3v) is 4.06. The van der Waals surface area contributed by atoms with Crippen LogP contribution >= 0.6 is 0 Å². The molecule has 0 radical (unpaired) electrons. The third kappa shape index (κ3) is 4.75. The molecule has 2 N–H and O–H groups in total. The standard InChI is InChI=1S/C20H24N2O5/c1-6-26-20(25)17-12(3)16(13(4)21-17)19(24)27-14(5)18(23)22-15-9-7-8-11(2)10-15/h7-10,14,21H,6H2,1-5H3,(H,22,23)/t14-/m1/s1. The van der Waals surface area contributed by atoms with Crippen molar-refractivity contribution < 1.29 is 23.9 Å². The zero-order valence-electron chi connectivity index (χ0n) is 16.1. The van der Waals surface area contributed by atoms with Crippen LogP contribution < -0.4 is 5.32 Å². The smallest absolute Gasteiger partial charge is 0.355 e. The Labute approximate surface area is 158 Å². The number of hydrogen-bond acceptors (Lipinski definition) is 5. The molecule has 1 aromatic heterocycles. The maximum absolute atomic E-state index is 12.5. The average molecular weight is 372 g/mol. The van der Waals surface area contributed by atoms with Crippen molar-refractivity contribution in [1.29, 1.82) is 0 Å². The van der Waals surface area contributed by atoms with Gasteiger partial charge in [-0.15, -0.1) is 0 Å². The fourth-order valence-electron chi connectivity index (χ4n) is 2.70. The Kier molecular flexibility index (Phi) is 6.39. The number of anilines is 1. The summed E-state index contributed by atoms with van der Waals surface area (Å²) < 4.78 is 10.3. The number of aryl methyl sites for hydroxylation is 2. The quantitative estimate of drug-likeness (QED) is 0.758. The second kappa shape index (κ2) is 8.53. The van der Waals surface area contributed by atoms with E-state index in [1.165, 1.54) is 6.92 Å². The van der Waals surface area contributed by atoms with Crippen molar-refractivity contribution in [1.82, 2.24) is 4.98 Å². The molecule has 0 spiro atoms.